The maximum absolute atomic E-state index is 12.5. The molecule has 0 spiro atoms. The van der Waals surface area contributed by atoms with Gasteiger partial charge in [-0.05, 0) is 46.8 Å². The smallest absolute Gasteiger partial charge is 0.410 e. The Bertz CT molecular complexity index is 748. The van der Waals surface area contributed by atoms with Crippen LogP contribution in [0.4, 0.5) is 10.6 Å². The number of hydrogen-bond donors (Lipinski definition) is 0. The highest BCUT2D eigenvalue weighted by Crippen LogP contribution is 2.30. The number of piperidine rings is 1. The second-order valence-corrected chi connectivity index (χ2v) is 8.86. The van der Waals surface area contributed by atoms with Crippen LogP contribution in [0.15, 0.2) is 5.16 Å². The zero-order chi connectivity index (χ0) is 21.8. The fourth-order valence-corrected chi connectivity index (χ4v) is 3.72. The van der Waals surface area contributed by atoms with Gasteiger partial charge in [-0.15, -0.1) is 0 Å². The van der Waals surface area contributed by atoms with Crippen LogP contribution in [0.3, 0.4) is 0 Å². The van der Waals surface area contributed by atoms with E-state index in [0.29, 0.717) is 36.9 Å². The van der Waals surface area contributed by atoms with Gasteiger partial charge in [0.25, 0.3) is 0 Å². The second kappa shape index (κ2) is 9.84. The van der Waals surface area contributed by atoms with Gasteiger partial charge in [0.2, 0.25) is 0 Å². The topological polar surface area (TPSA) is 84.9 Å². The lowest BCUT2D eigenvalue weighted by molar-refractivity contribution is 0.0205. The highest BCUT2D eigenvalue weighted by Gasteiger charge is 2.32. The third-order valence-corrected chi connectivity index (χ3v) is 5.31. The molecule has 1 aromatic heterocycles. The van der Waals surface area contributed by atoms with E-state index in [1.165, 1.54) is 11.8 Å². The monoisotopic (exact) mass is 444 g/mol. The maximum atomic E-state index is 12.5. The van der Waals surface area contributed by atoms with Crippen LogP contribution in [0.5, 0.6) is 0 Å². The van der Waals surface area contributed by atoms with Gasteiger partial charge in [0.1, 0.15) is 22.1 Å². The standard InChI is InChI=1S/C19H29ClN4O4S/c1-7-27-16(25)13-14(20)21-17(29-6)22-15(13)23(5)12-8-10-24(11-9-12)18(26)28-19(2,3)4/h12H,7-11H2,1-6H3. The summed E-state index contributed by atoms with van der Waals surface area (Å²) >= 11 is 7.64. The van der Waals surface area contributed by atoms with E-state index >= 15 is 0 Å². The molecule has 2 heterocycles. The summed E-state index contributed by atoms with van der Waals surface area (Å²) in [5, 5.41) is 0.562. The Kier molecular flexibility index (Phi) is 7.99. The molecule has 1 aromatic rings. The third kappa shape index (κ3) is 6.12. The van der Waals surface area contributed by atoms with Gasteiger partial charge in [0.05, 0.1) is 6.61 Å². The zero-order valence-electron chi connectivity index (χ0n) is 17.8. The van der Waals surface area contributed by atoms with Gasteiger partial charge in [0, 0.05) is 26.2 Å². The normalized spacial score (nSPS) is 15.2. The zero-order valence-corrected chi connectivity index (χ0v) is 19.4. The molecular weight excluding hydrogens is 416 g/mol. The Balaban J connectivity index is 2.18. The third-order valence-electron chi connectivity index (χ3n) is 4.49. The van der Waals surface area contributed by atoms with Crippen LogP contribution >= 0.6 is 23.4 Å². The molecular formula is C19H29ClN4O4S. The lowest BCUT2D eigenvalue weighted by Gasteiger charge is -2.38. The first-order valence-corrected chi connectivity index (χ1v) is 11.2. The number of rotatable bonds is 5. The van der Waals surface area contributed by atoms with E-state index in [4.69, 9.17) is 21.1 Å². The Hall–Kier alpha value is -1.74. The second-order valence-electron chi connectivity index (χ2n) is 7.73. The highest BCUT2D eigenvalue weighted by atomic mass is 35.5. The van der Waals surface area contributed by atoms with Crippen molar-refractivity contribution in [3.63, 3.8) is 0 Å². The molecule has 0 radical (unpaired) electrons. The fraction of sp³-hybridized carbons (Fsp3) is 0.684. The predicted molar refractivity (Wildman–Crippen MR) is 114 cm³/mol. The van der Waals surface area contributed by atoms with Crippen LogP contribution < -0.4 is 4.90 Å². The SMILES string of the molecule is CCOC(=O)c1c(Cl)nc(SC)nc1N(C)C1CCN(C(=O)OC(C)(C)C)CC1. The van der Waals surface area contributed by atoms with E-state index in [-0.39, 0.29) is 29.5 Å². The summed E-state index contributed by atoms with van der Waals surface area (Å²) in [6, 6.07) is 0.0857. The molecule has 0 aromatic carbocycles. The summed E-state index contributed by atoms with van der Waals surface area (Å²) in [6.07, 6.45) is 2.97. The summed E-state index contributed by atoms with van der Waals surface area (Å²) in [5.41, 5.74) is -0.353. The molecule has 8 nitrogen and oxygen atoms in total. The number of carbonyl (C=O) groups excluding carboxylic acids is 2. The molecule has 1 aliphatic heterocycles. The number of likely N-dealkylation sites (tertiary alicyclic amines) is 1. The van der Waals surface area contributed by atoms with Gasteiger partial charge in [-0.1, -0.05) is 23.4 Å². The molecule has 0 aliphatic carbocycles. The summed E-state index contributed by atoms with van der Waals surface area (Å²) in [5.74, 6) is -0.0956. The average Bonchev–Trinajstić information content (AvgIpc) is 2.65. The van der Waals surface area contributed by atoms with Crippen molar-refractivity contribution in [2.45, 2.75) is 57.3 Å². The molecule has 29 heavy (non-hydrogen) atoms. The molecule has 1 saturated heterocycles. The number of amides is 1. The molecule has 1 fully saturated rings. The van der Waals surface area contributed by atoms with Gasteiger partial charge >= 0.3 is 12.1 Å². The molecule has 2 rings (SSSR count). The molecule has 0 bridgehead atoms. The van der Waals surface area contributed by atoms with Crippen molar-refractivity contribution in [3.05, 3.63) is 10.7 Å². The van der Waals surface area contributed by atoms with Crippen LogP contribution in [0.2, 0.25) is 5.15 Å². The quantitative estimate of drug-likeness (QED) is 0.293. The van der Waals surface area contributed by atoms with Crippen molar-refractivity contribution in [1.29, 1.82) is 0 Å². The molecule has 10 heteroatoms. The predicted octanol–water partition coefficient (Wildman–Crippen LogP) is 3.86. The summed E-state index contributed by atoms with van der Waals surface area (Å²) in [6.45, 7) is 8.65. The van der Waals surface area contributed by atoms with Crippen LogP contribution in [0.25, 0.3) is 0 Å². The number of ether oxygens (including phenoxy) is 2. The number of halogens is 1. The largest absolute Gasteiger partial charge is 0.462 e. The van der Waals surface area contributed by atoms with Gasteiger partial charge in [0.15, 0.2) is 5.16 Å². The van der Waals surface area contributed by atoms with E-state index in [2.05, 4.69) is 9.97 Å². The van der Waals surface area contributed by atoms with Gasteiger partial charge in [-0.3, -0.25) is 0 Å². The van der Waals surface area contributed by atoms with Crippen LogP contribution in [-0.2, 0) is 9.47 Å². The van der Waals surface area contributed by atoms with Crippen LogP contribution in [0.1, 0.15) is 50.9 Å². The molecule has 162 valence electrons. The summed E-state index contributed by atoms with van der Waals surface area (Å²) in [7, 11) is 1.87. The first kappa shape index (κ1) is 23.5. The number of anilines is 1. The number of aromatic nitrogens is 2. The van der Waals surface area contributed by atoms with Crippen molar-refractivity contribution < 1.29 is 19.1 Å². The van der Waals surface area contributed by atoms with Crippen LogP contribution in [-0.4, -0.2) is 71.6 Å². The van der Waals surface area contributed by atoms with Gasteiger partial charge in [-0.2, -0.15) is 0 Å². The minimum absolute atomic E-state index is 0.0795. The van der Waals surface area contributed by atoms with Crippen molar-refractivity contribution in [1.82, 2.24) is 14.9 Å². The first-order valence-electron chi connectivity index (χ1n) is 9.56. The maximum Gasteiger partial charge on any atom is 0.410 e. The highest BCUT2D eigenvalue weighted by molar-refractivity contribution is 7.98. The van der Waals surface area contributed by atoms with E-state index in [1.807, 2.05) is 39.0 Å². The number of carbonyl (C=O) groups is 2. The Labute approximate surface area is 181 Å². The minimum atomic E-state index is -0.543. The molecule has 0 atom stereocenters. The lowest BCUT2D eigenvalue weighted by Crippen LogP contribution is -2.47. The molecule has 1 amide bonds. The Morgan fingerprint density at radius 3 is 2.41 bits per heavy atom. The summed E-state index contributed by atoms with van der Waals surface area (Å²) < 4.78 is 10.6. The number of esters is 1. The van der Waals surface area contributed by atoms with Gasteiger partial charge < -0.3 is 19.3 Å². The van der Waals surface area contributed by atoms with E-state index < -0.39 is 11.6 Å². The van der Waals surface area contributed by atoms with Crippen molar-refractivity contribution >= 4 is 41.2 Å². The van der Waals surface area contributed by atoms with E-state index in [0.717, 1.165) is 0 Å². The van der Waals surface area contributed by atoms with Crippen molar-refractivity contribution in [2.24, 2.45) is 0 Å². The van der Waals surface area contributed by atoms with Crippen molar-refractivity contribution in [2.75, 3.05) is 37.9 Å². The van der Waals surface area contributed by atoms with Gasteiger partial charge in [-0.25, -0.2) is 19.6 Å². The molecule has 0 N–H and O–H groups in total. The van der Waals surface area contributed by atoms with E-state index in [1.54, 1.807) is 11.8 Å². The molecule has 0 unspecified atom stereocenters. The number of hydrogen-bond acceptors (Lipinski definition) is 8. The molecule has 1 aliphatic rings. The van der Waals surface area contributed by atoms with E-state index in [9.17, 15) is 9.59 Å². The first-order chi connectivity index (χ1) is 13.6. The lowest BCUT2D eigenvalue weighted by atomic mass is 10.0. The average molecular weight is 445 g/mol. The molecule has 0 saturated carbocycles. The Morgan fingerprint density at radius 2 is 1.90 bits per heavy atom. The number of nitrogens with zero attached hydrogens (tertiary/aromatic N) is 4. The number of thioether (sulfide) groups is 1. The van der Waals surface area contributed by atoms with Crippen molar-refractivity contribution in [3.8, 4) is 0 Å². The fourth-order valence-electron chi connectivity index (χ4n) is 3.06. The Morgan fingerprint density at radius 1 is 1.28 bits per heavy atom. The minimum Gasteiger partial charge on any atom is -0.462 e. The summed E-state index contributed by atoms with van der Waals surface area (Å²) in [4.78, 5) is 37.1. The van der Waals surface area contributed by atoms with Crippen LogP contribution in [0, 0.1) is 0 Å².